The molecule has 0 aliphatic carbocycles. The molecule has 1 aromatic rings. The molecule has 0 spiro atoms. The summed E-state index contributed by atoms with van der Waals surface area (Å²) in [6.45, 7) is 2.06. The molecule has 0 aliphatic heterocycles. The van der Waals surface area contributed by atoms with Gasteiger partial charge < -0.3 is 0 Å². The largest absolute Gasteiger partial charge is 0.0840 e. The van der Waals surface area contributed by atoms with Gasteiger partial charge in [0.05, 0.1) is 5.02 Å². The van der Waals surface area contributed by atoms with Gasteiger partial charge in [0.25, 0.3) is 0 Å². The Hall–Kier alpha value is 0.280. The van der Waals surface area contributed by atoms with Gasteiger partial charge in [-0.3, -0.25) is 0 Å². The molecule has 3 heteroatoms. The number of aryl methyl sites for hydroxylation is 1. The molecule has 0 radical (unpaired) electrons. The van der Waals surface area contributed by atoms with Gasteiger partial charge >= 0.3 is 0 Å². The molecule has 0 aliphatic rings. The van der Waals surface area contributed by atoms with E-state index in [4.69, 9.17) is 23.2 Å². The van der Waals surface area contributed by atoms with Crippen LogP contribution in [-0.2, 0) is 6.42 Å². The minimum Gasteiger partial charge on any atom is -0.0840 e. The van der Waals surface area contributed by atoms with Gasteiger partial charge in [-0.15, -0.1) is 0 Å². The highest BCUT2D eigenvalue weighted by Crippen LogP contribution is 2.29. The zero-order valence-electron chi connectivity index (χ0n) is 6.00. The van der Waals surface area contributed by atoms with Crippen molar-refractivity contribution < 1.29 is 0 Å². The second kappa shape index (κ2) is 3.79. The van der Waals surface area contributed by atoms with Crippen LogP contribution in [0, 0.1) is 0 Å². The predicted octanol–water partition coefficient (Wildman–Crippen LogP) is 4.32. The van der Waals surface area contributed by atoms with Gasteiger partial charge in [0.1, 0.15) is 0 Å². The molecule has 0 saturated carbocycles. The normalized spacial score (nSPS) is 10.2. The van der Waals surface area contributed by atoms with Crippen molar-refractivity contribution in [3.05, 3.63) is 32.2 Å². The second-order valence-corrected chi connectivity index (χ2v) is 3.88. The quantitative estimate of drug-likeness (QED) is 0.654. The first-order chi connectivity index (χ1) is 5.15. The molecule has 0 amide bonds. The summed E-state index contributed by atoms with van der Waals surface area (Å²) in [7, 11) is 0. The summed E-state index contributed by atoms with van der Waals surface area (Å²) in [6, 6.07) is 3.71. The molecule has 60 valence electrons. The summed E-state index contributed by atoms with van der Waals surface area (Å²) in [5, 5.41) is 1.40. The van der Waals surface area contributed by atoms with Gasteiger partial charge in [0.2, 0.25) is 0 Å². The lowest BCUT2D eigenvalue weighted by Gasteiger charge is -2.02. The third kappa shape index (κ3) is 2.11. The van der Waals surface area contributed by atoms with E-state index in [1.165, 1.54) is 0 Å². The molecule has 1 aromatic carbocycles. The van der Waals surface area contributed by atoms with Crippen molar-refractivity contribution in [2.45, 2.75) is 13.3 Å². The minimum atomic E-state index is 0.659. The Morgan fingerprint density at radius 3 is 2.45 bits per heavy atom. The van der Waals surface area contributed by atoms with Crippen molar-refractivity contribution in [1.82, 2.24) is 0 Å². The lowest BCUT2D eigenvalue weighted by molar-refractivity contribution is 1.14. The lowest BCUT2D eigenvalue weighted by atomic mass is 10.2. The maximum Gasteiger partial charge on any atom is 0.0563 e. The van der Waals surface area contributed by atoms with E-state index in [2.05, 4.69) is 22.9 Å². The van der Waals surface area contributed by atoms with Gasteiger partial charge in [-0.05, 0) is 40.0 Å². The summed E-state index contributed by atoms with van der Waals surface area (Å²) < 4.78 is 0.903. The Labute approximate surface area is 84.6 Å². The maximum atomic E-state index is 5.90. The fourth-order valence-electron chi connectivity index (χ4n) is 0.835. The van der Waals surface area contributed by atoms with Crippen molar-refractivity contribution in [3.63, 3.8) is 0 Å². The highest BCUT2D eigenvalue weighted by Gasteiger charge is 2.02. The molecular weight excluding hydrogens is 247 g/mol. The maximum absolute atomic E-state index is 5.90. The van der Waals surface area contributed by atoms with Crippen molar-refractivity contribution >= 4 is 39.1 Å². The minimum absolute atomic E-state index is 0.659. The standard InChI is InChI=1S/C8H7BrCl2/c1-2-5-3-6(9)8(11)4-7(5)10/h3-4H,2H2,1H3. The Balaban J connectivity index is 3.21. The summed E-state index contributed by atoms with van der Waals surface area (Å²) in [5.74, 6) is 0. The van der Waals surface area contributed by atoms with Crippen LogP contribution in [0.3, 0.4) is 0 Å². The summed E-state index contributed by atoms with van der Waals surface area (Å²) in [4.78, 5) is 0. The fraction of sp³-hybridized carbons (Fsp3) is 0.250. The molecule has 0 N–H and O–H groups in total. The molecule has 0 atom stereocenters. The van der Waals surface area contributed by atoms with Gasteiger partial charge in [-0.1, -0.05) is 30.1 Å². The van der Waals surface area contributed by atoms with E-state index >= 15 is 0 Å². The van der Waals surface area contributed by atoms with Crippen molar-refractivity contribution in [2.75, 3.05) is 0 Å². The van der Waals surface area contributed by atoms with Crippen molar-refractivity contribution in [1.29, 1.82) is 0 Å². The summed E-state index contributed by atoms with van der Waals surface area (Å²) in [6.07, 6.45) is 0.925. The van der Waals surface area contributed by atoms with Crippen LogP contribution in [0.25, 0.3) is 0 Å². The predicted molar refractivity (Wildman–Crippen MR) is 53.5 cm³/mol. The lowest BCUT2D eigenvalue weighted by Crippen LogP contribution is -1.82. The first-order valence-corrected chi connectivity index (χ1v) is 4.83. The van der Waals surface area contributed by atoms with E-state index in [0.29, 0.717) is 5.02 Å². The molecule has 0 fully saturated rings. The molecule has 0 unspecified atom stereocenters. The second-order valence-electron chi connectivity index (χ2n) is 2.21. The Morgan fingerprint density at radius 1 is 1.27 bits per heavy atom. The van der Waals surface area contributed by atoms with Gasteiger partial charge in [0.15, 0.2) is 0 Å². The van der Waals surface area contributed by atoms with Crippen LogP contribution in [-0.4, -0.2) is 0 Å². The first kappa shape index (κ1) is 9.37. The van der Waals surface area contributed by atoms with Crippen LogP contribution in [0.15, 0.2) is 16.6 Å². The average molecular weight is 254 g/mol. The third-order valence-electron chi connectivity index (χ3n) is 1.47. The van der Waals surface area contributed by atoms with E-state index in [9.17, 15) is 0 Å². The molecule has 0 nitrogen and oxygen atoms in total. The van der Waals surface area contributed by atoms with Crippen LogP contribution in [0.2, 0.25) is 10.0 Å². The number of rotatable bonds is 1. The van der Waals surface area contributed by atoms with Crippen LogP contribution >= 0.6 is 39.1 Å². The van der Waals surface area contributed by atoms with Crippen molar-refractivity contribution in [3.8, 4) is 0 Å². The summed E-state index contributed by atoms with van der Waals surface area (Å²) in [5.41, 5.74) is 1.11. The number of hydrogen-bond acceptors (Lipinski definition) is 0. The molecule has 0 saturated heterocycles. The van der Waals surface area contributed by atoms with Gasteiger partial charge in [0, 0.05) is 9.50 Å². The molecule has 1 rings (SSSR count). The number of benzene rings is 1. The van der Waals surface area contributed by atoms with E-state index in [1.807, 2.05) is 6.07 Å². The van der Waals surface area contributed by atoms with Crippen LogP contribution in [0.5, 0.6) is 0 Å². The topological polar surface area (TPSA) is 0 Å². The smallest absolute Gasteiger partial charge is 0.0563 e. The van der Waals surface area contributed by atoms with E-state index in [0.717, 1.165) is 21.5 Å². The number of hydrogen-bond donors (Lipinski definition) is 0. The molecule has 0 bridgehead atoms. The Bertz CT molecular complexity index is 271. The van der Waals surface area contributed by atoms with Crippen LogP contribution in [0.1, 0.15) is 12.5 Å². The highest BCUT2D eigenvalue weighted by atomic mass is 79.9. The zero-order chi connectivity index (χ0) is 8.43. The highest BCUT2D eigenvalue weighted by molar-refractivity contribution is 9.10. The van der Waals surface area contributed by atoms with E-state index in [1.54, 1.807) is 6.07 Å². The van der Waals surface area contributed by atoms with Crippen molar-refractivity contribution in [2.24, 2.45) is 0 Å². The first-order valence-electron chi connectivity index (χ1n) is 3.28. The van der Waals surface area contributed by atoms with Gasteiger partial charge in [-0.25, -0.2) is 0 Å². The Kier molecular flexibility index (Phi) is 3.23. The van der Waals surface area contributed by atoms with E-state index in [-0.39, 0.29) is 0 Å². The molecular formula is C8H7BrCl2. The fourth-order valence-corrected chi connectivity index (χ4v) is 1.74. The monoisotopic (exact) mass is 252 g/mol. The zero-order valence-corrected chi connectivity index (χ0v) is 9.09. The molecule has 11 heavy (non-hydrogen) atoms. The van der Waals surface area contributed by atoms with E-state index < -0.39 is 0 Å². The Morgan fingerprint density at radius 2 is 1.91 bits per heavy atom. The van der Waals surface area contributed by atoms with Gasteiger partial charge in [-0.2, -0.15) is 0 Å². The average Bonchev–Trinajstić information content (AvgIpc) is 1.97. The third-order valence-corrected chi connectivity index (χ3v) is 3.02. The molecule has 0 heterocycles. The SMILES string of the molecule is CCc1cc(Br)c(Cl)cc1Cl. The number of halogens is 3. The molecule has 0 aromatic heterocycles. The van der Waals surface area contributed by atoms with Crippen LogP contribution in [0.4, 0.5) is 0 Å². The summed E-state index contributed by atoms with van der Waals surface area (Å²) >= 11 is 15.0. The van der Waals surface area contributed by atoms with Crippen LogP contribution < -0.4 is 0 Å².